The number of carbonyl (C=O) groups excluding carboxylic acids is 1. The Kier molecular flexibility index (Phi) is 5.08. The van der Waals surface area contributed by atoms with E-state index in [-0.39, 0.29) is 17.9 Å². The minimum Gasteiger partial charge on any atom is -0.493 e. The fourth-order valence-electron chi connectivity index (χ4n) is 2.29. The number of ether oxygens (including phenoxy) is 3. The van der Waals surface area contributed by atoms with E-state index >= 15 is 0 Å². The average molecular weight is 325 g/mol. The summed E-state index contributed by atoms with van der Waals surface area (Å²) >= 11 is 0. The second-order valence-electron chi connectivity index (χ2n) is 4.67. The Balaban J connectivity index is 2.81. The van der Waals surface area contributed by atoms with Crippen molar-refractivity contribution in [2.75, 3.05) is 20.8 Å². The first kappa shape index (κ1) is 16.9. The van der Waals surface area contributed by atoms with E-state index in [4.69, 9.17) is 24.7 Å². The molecule has 0 radical (unpaired) electrons. The van der Waals surface area contributed by atoms with Gasteiger partial charge in [0.15, 0.2) is 11.5 Å². The van der Waals surface area contributed by atoms with E-state index in [0.29, 0.717) is 28.0 Å². The number of H-pyrrole nitrogens is 1. The Morgan fingerprint density at radius 2 is 1.83 bits per heavy atom. The molecule has 2 aromatic rings. The quantitative estimate of drug-likeness (QED) is 0.669. The number of methoxy groups -OCH3 is 2. The van der Waals surface area contributed by atoms with Gasteiger partial charge in [0, 0.05) is 17.0 Å². The molecule has 1 aromatic heterocycles. The lowest BCUT2D eigenvalue weighted by molar-refractivity contribution is 0.0520. The monoisotopic (exact) mass is 325 g/mol. The number of esters is 1. The number of nitrogens with zero attached hydrogens (tertiary/aromatic N) is 2. The molecule has 1 heterocycles. The Bertz CT molecular complexity index is 881. The van der Waals surface area contributed by atoms with Crippen LogP contribution in [0.3, 0.4) is 0 Å². The van der Waals surface area contributed by atoms with E-state index in [2.05, 4.69) is 4.98 Å². The summed E-state index contributed by atoms with van der Waals surface area (Å²) < 4.78 is 15.5. The molecule has 0 unspecified atom stereocenters. The van der Waals surface area contributed by atoms with E-state index < -0.39 is 5.97 Å². The average Bonchev–Trinajstić information content (AvgIpc) is 2.95. The molecule has 0 atom stereocenters. The minimum absolute atomic E-state index is 0.128. The molecule has 0 saturated carbocycles. The number of carbonyl (C=O) groups is 1. The maximum absolute atomic E-state index is 12.2. The van der Waals surface area contributed by atoms with Crippen molar-refractivity contribution in [2.45, 2.75) is 6.92 Å². The van der Waals surface area contributed by atoms with E-state index in [9.17, 15) is 4.79 Å². The molecule has 7 heteroatoms. The van der Waals surface area contributed by atoms with Gasteiger partial charge in [-0.05, 0) is 19.1 Å². The maximum Gasteiger partial charge on any atom is 0.355 e. The summed E-state index contributed by atoms with van der Waals surface area (Å²) in [4.78, 5) is 15.1. The predicted octanol–water partition coefficient (Wildman–Crippen LogP) is 2.79. The number of benzene rings is 1. The summed E-state index contributed by atoms with van der Waals surface area (Å²) in [7, 11) is 3.00. The third-order valence-electron chi connectivity index (χ3n) is 3.35. The predicted molar refractivity (Wildman–Crippen MR) is 86.6 cm³/mol. The van der Waals surface area contributed by atoms with E-state index in [1.165, 1.54) is 20.3 Å². The summed E-state index contributed by atoms with van der Waals surface area (Å²) in [6, 6.07) is 6.91. The van der Waals surface area contributed by atoms with Gasteiger partial charge in [-0.2, -0.15) is 10.5 Å². The number of hydrogen-bond donors (Lipinski definition) is 1. The van der Waals surface area contributed by atoms with Crippen molar-refractivity contribution in [3.63, 3.8) is 0 Å². The van der Waals surface area contributed by atoms with Crippen molar-refractivity contribution in [1.82, 2.24) is 4.98 Å². The fourth-order valence-corrected chi connectivity index (χ4v) is 2.29. The van der Waals surface area contributed by atoms with E-state index in [0.717, 1.165) is 0 Å². The third kappa shape index (κ3) is 3.01. The third-order valence-corrected chi connectivity index (χ3v) is 3.35. The van der Waals surface area contributed by atoms with Crippen molar-refractivity contribution >= 4 is 22.9 Å². The SMILES string of the molecule is CCOC(=O)c1[nH]c2cc(OC)c(OC)cc2c1C=C(C#N)C#N. The topological polar surface area (TPSA) is 108 Å². The summed E-state index contributed by atoms with van der Waals surface area (Å²) in [6.45, 7) is 1.89. The number of aromatic nitrogens is 1. The van der Waals surface area contributed by atoms with Crippen LogP contribution >= 0.6 is 0 Å². The highest BCUT2D eigenvalue weighted by molar-refractivity contribution is 6.04. The summed E-state index contributed by atoms with van der Waals surface area (Å²) in [5, 5.41) is 18.6. The van der Waals surface area contributed by atoms with Gasteiger partial charge in [-0.25, -0.2) is 4.79 Å². The zero-order valence-electron chi connectivity index (χ0n) is 13.5. The van der Waals surface area contributed by atoms with Crippen molar-refractivity contribution < 1.29 is 19.0 Å². The van der Waals surface area contributed by atoms with Gasteiger partial charge in [0.1, 0.15) is 23.4 Å². The largest absolute Gasteiger partial charge is 0.493 e. The van der Waals surface area contributed by atoms with Crippen LogP contribution in [0.2, 0.25) is 0 Å². The van der Waals surface area contributed by atoms with Crippen LogP contribution in [0.4, 0.5) is 0 Å². The van der Waals surface area contributed by atoms with Gasteiger partial charge >= 0.3 is 5.97 Å². The van der Waals surface area contributed by atoms with Gasteiger partial charge in [-0.3, -0.25) is 0 Å². The number of allylic oxidation sites excluding steroid dienone is 1. The molecule has 0 fully saturated rings. The number of aromatic amines is 1. The second kappa shape index (κ2) is 7.21. The first-order valence-electron chi connectivity index (χ1n) is 7.06. The molecule has 1 N–H and O–H groups in total. The number of nitrogens with one attached hydrogen (secondary N) is 1. The Morgan fingerprint density at radius 3 is 2.38 bits per heavy atom. The van der Waals surface area contributed by atoms with Crippen molar-refractivity contribution in [3.05, 3.63) is 29.0 Å². The molecule has 1 aromatic carbocycles. The van der Waals surface area contributed by atoms with Crippen LogP contribution in [-0.2, 0) is 4.74 Å². The number of nitriles is 2. The number of hydrogen-bond acceptors (Lipinski definition) is 6. The lowest BCUT2D eigenvalue weighted by Gasteiger charge is -2.07. The highest BCUT2D eigenvalue weighted by atomic mass is 16.5. The lowest BCUT2D eigenvalue weighted by Crippen LogP contribution is -2.06. The van der Waals surface area contributed by atoms with Gasteiger partial charge in [0.2, 0.25) is 0 Å². The number of rotatable bonds is 5. The van der Waals surface area contributed by atoms with Crippen LogP contribution in [0, 0.1) is 22.7 Å². The highest BCUT2D eigenvalue weighted by Gasteiger charge is 2.20. The van der Waals surface area contributed by atoms with E-state index in [1.54, 1.807) is 31.2 Å². The molecule has 0 saturated heterocycles. The first-order valence-corrected chi connectivity index (χ1v) is 7.06. The normalized spacial score (nSPS) is 9.71. The summed E-state index contributed by atoms with van der Waals surface area (Å²) in [6.07, 6.45) is 1.34. The Hall–Kier alpha value is -3.45. The molecule has 122 valence electrons. The van der Waals surface area contributed by atoms with Gasteiger partial charge in [0.05, 0.1) is 26.3 Å². The molecule has 0 aliphatic heterocycles. The molecule has 0 aliphatic carbocycles. The zero-order chi connectivity index (χ0) is 17.7. The molecule has 0 bridgehead atoms. The van der Waals surface area contributed by atoms with Crippen molar-refractivity contribution in [2.24, 2.45) is 0 Å². The van der Waals surface area contributed by atoms with Crippen molar-refractivity contribution in [1.29, 1.82) is 10.5 Å². The molecule has 24 heavy (non-hydrogen) atoms. The maximum atomic E-state index is 12.2. The smallest absolute Gasteiger partial charge is 0.355 e. The Labute approximate surface area is 138 Å². The molecule has 0 amide bonds. The standard InChI is InChI=1S/C17H15N3O4/c1-4-24-17(21)16-12(5-10(8-18)9-19)11-6-14(22-2)15(23-3)7-13(11)20-16/h5-7,20H,4H2,1-3H3. The number of fused-ring (bicyclic) bond motifs is 1. The lowest BCUT2D eigenvalue weighted by atomic mass is 10.1. The second-order valence-corrected chi connectivity index (χ2v) is 4.67. The summed E-state index contributed by atoms with van der Waals surface area (Å²) in [5.74, 6) is 0.371. The molecule has 0 spiro atoms. The minimum atomic E-state index is -0.576. The molecular weight excluding hydrogens is 310 g/mol. The van der Waals surface area contributed by atoms with E-state index in [1.807, 2.05) is 0 Å². The van der Waals surface area contributed by atoms with Crippen LogP contribution in [0.25, 0.3) is 17.0 Å². The van der Waals surface area contributed by atoms with Gasteiger partial charge in [-0.15, -0.1) is 0 Å². The molecule has 0 aliphatic rings. The fraction of sp³-hybridized carbons (Fsp3) is 0.235. The first-order chi connectivity index (χ1) is 11.6. The molecule has 2 rings (SSSR count). The zero-order valence-corrected chi connectivity index (χ0v) is 13.5. The van der Waals surface area contributed by atoms with Crippen LogP contribution in [0.1, 0.15) is 23.0 Å². The van der Waals surface area contributed by atoms with Crippen LogP contribution in [0.5, 0.6) is 11.5 Å². The summed E-state index contributed by atoms with van der Waals surface area (Å²) in [5.41, 5.74) is 1.01. The van der Waals surface area contributed by atoms with Gasteiger partial charge < -0.3 is 19.2 Å². The van der Waals surface area contributed by atoms with Crippen LogP contribution in [0.15, 0.2) is 17.7 Å². The highest BCUT2D eigenvalue weighted by Crippen LogP contribution is 2.35. The van der Waals surface area contributed by atoms with Crippen LogP contribution in [-0.4, -0.2) is 31.8 Å². The van der Waals surface area contributed by atoms with Crippen molar-refractivity contribution in [3.8, 4) is 23.6 Å². The molecular formula is C17H15N3O4. The molecule has 7 nitrogen and oxygen atoms in total. The Morgan fingerprint density at radius 1 is 1.21 bits per heavy atom. The van der Waals surface area contributed by atoms with Gasteiger partial charge in [0.25, 0.3) is 0 Å². The van der Waals surface area contributed by atoms with Crippen LogP contribution < -0.4 is 9.47 Å². The van der Waals surface area contributed by atoms with Gasteiger partial charge in [-0.1, -0.05) is 0 Å².